The number of benzene rings is 1. The fourth-order valence-electron chi connectivity index (χ4n) is 4.04. The van der Waals surface area contributed by atoms with Crippen molar-refractivity contribution in [3.05, 3.63) is 29.8 Å². The number of phenols is 1. The van der Waals surface area contributed by atoms with Gasteiger partial charge in [0.05, 0.1) is 18.2 Å². The maximum absolute atomic E-state index is 13.2. The van der Waals surface area contributed by atoms with Crippen LogP contribution in [0.2, 0.25) is 0 Å². The molecule has 0 bridgehead atoms. The van der Waals surface area contributed by atoms with Crippen molar-refractivity contribution < 1.29 is 34.1 Å². The quantitative estimate of drug-likeness (QED) is 0.286. The molecule has 1 aromatic carbocycles. The number of rotatable bonds is 11. The molecule has 3 rings (SSSR count). The van der Waals surface area contributed by atoms with Crippen LogP contribution in [0.15, 0.2) is 24.3 Å². The summed E-state index contributed by atoms with van der Waals surface area (Å²) < 4.78 is 11.3. The molecule has 1 amide bonds. The molecule has 0 aliphatic carbocycles. The maximum atomic E-state index is 13.2. The summed E-state index contributed by atoms with van der Waals surface area (Å²) >= 11 is 0. The van der Waals surface area contributed by atoms with E-state index in [1.165, 1.54) is 12.1 Å². The van der Waals surface area contributed by atoms with Crippen LogP contribution in [0.4, 0.5) is 0 Å². The number of aromatic hydroxyl groups is 1. The van der Waals surface area contributed by atoms with E-state index in [0.717, 1.165) is 25.9 Å². The van der Waals surface area contributed by atoms with Crippen LogP contribution < -0.4 is 16.0 Å². The molecular weight excluding hydrogens is 430 g/mol. The molecule has 0 aromatic heterocycles. The topological polar surface area (TPSA) is 146 Å². The van der Waals surface area contributed by atoms with E-state index in [0.29, 0.717) is 31.5 Å². The predicted molar refractivity (Wildman–Crippen MR) is 119 cm³/mol. The average molecular weight is 464 g/mol. The van der Waals surface area contributed by atoms with Gasteiger partial charge in [-0.05, 0) is 76.0 Å². The molecule has 2 aliphatic heterocycles. The monoisotopic (exact) mass is 463 g/mol. The number of carboxylic acids is 1. The number of aliphatic carboxylic acids is 1. The van der Waals surface area contributed by atoms with Crippen LogP contribution in [0, 0.1) is 0 Å². The first-order valence-electron chi connectivity index (χ1n) is 11.4. The van der Waals surface area contributed by atoms with E-state index in [2.05, 4.69) is 16.0 Å². The maximum Gasteiger partial charge on any atom is 0.340 e. The van der Waals surface area contributed by atoms with Gasteiger partial charge in [-0.15, -0.1) is 0 Å². The van der Waals surface area contributed by atoms with Crippen molar-refractivity contribution in [2.24, 2.45) is 0 Å². The summed E-state index contributed by atoms with van der Waals surface area (Å²) in [6, 6.07) is 5.08. The first-order valence-corrected chi connectivity index (χ1v) is 11.4. The number of ether oxygens (including phenoxy) is 2. The van der Waals surface area contributed by atoms with E-state index in [1.807, 2.05) is 0 Å². The highest BCUT2D eigenvalue weighted by Crippen LogP contribution is 2.16. The van der Waals surface area contributed by atoms with Crippen LogP contribution in [0.5, 0.6) is 5.75 Å². The number of phenolic OH excluding ortho intramolecular Hbond substituents is 1. The summed E-state index contributed by atoms with van der Waals surface area (Å²) in [5.41, 5.74) is 0.664. The Bertz CT molecular complexity index is 790. The minimum Gasteiger partial charge on any atom is -0.508 e. The van der Waals surface area contributed by atoms with E-state index in [-0.39, 0.29) is 31.0 Å². The van der Waals surface area contributed by atoms with Crippen molar-refractivity contribution in [2.75, 3.05) is 32.8 Å². The highest BCUT2D eigenvalue weighted by atomic mass is 16.5. The normalized spacial score (nSPS) is 19.5. The number of piperidine rings is 2. The molecule has 2 heterocycles. The Kier molecular flexibility index (Phi) is 9.61. The molecule has 182 valence electrons. The van der Waals surface area contributed by atoms with Crippen LogP contribution in [0.1, 0.15) is 31.2 Å². The molecule has 1 aromatic rings. The number of Topliss-reactive ketones (excluding diaryl/α,β-unsaturated/α-hetero) is 1. The molecule has 2 atom stereocenters. The second kappa shape index (κ2) is 12.6. The molecule has 0 spiro atoms. The molecular formula is C23H33N3O7. The number of hydrogen-bond donors (Lipinski definition) is 5. The van der Waals surface area contributed by atoms with Crippen molar-refractivity contribution in [3.63, 3.8) is 0 Å². The van der Waals surface area contributed by atoms with E-state index < -0.39 is 29.8 Å². The largest absolute Gasteiger partial charge is 0.508 e. The first kappa shape index (κ1) is 25.1. The van der Waals surface area contributed by atoms with Gasteiger partial charge in [-0.2, -0.15) is 0 Å². The minimum absolute atomic E-state index is 0.0294. The molecule has 2 aliphatic rings. The van der Waals surface area contributed by atoms with Crippen LogP contribution in [0.3, 0.4) is 0 Å². The first-order chi connectivity index (χ1) is 15.9. The van der Waals surface area contributed by atoms with Gasteiger partial charge in [-0.1, -0.05) is 12.1 Å². The lowest BCUT2D eigenvalue weighted by molar-refractivity contribution is -0.163. The summed E-state index contributed by atoms with van der Waals surface area (Å²) in [6.45, 7) is 2.81. The van der Waals surface area contributed by atoms with Gasteiger partial charge in [-0.25, -0.2) is 4.79 Å². The van der Waals surface area contributed by atoms with Gasteiger partial charge in [0.25, 0.3) is 0 Å². The van der Waals surface area contributed by atoms with Crippen molar-refractivity contribution >= 4 is 17.7 Å². The van der Waals surface area contributed by atoms with Crippen LogP contribution >= 0.6 is 0 Å². The van der Waals surface area contributed by atoms with Gasteiger partial charge in [0, 0.05) is 0 Å². The number of carboxylic acid groups (broad SMARTS) is 1. The van der Waals surface area contributed by atoms with E-state index >= 15 is 0 Å². The lowest BCUT2D eigenvalue weighted by atomic mass is 9.98. The summed E-state index contributed by atoms with van der Waals surface area (Å²) in [4.78, 5) is 37.7. The average Bonchev–Trinajstić information content (AvgIpc) is 2.83. The zero-order valence-electron chi connectivity index (χ0n) is 18.6. The Balaban J connectivity index is 1.67. The van der Waals surface area contributed by atoms with E-state index in [4.69, 9.17) is 9.47 Å². The Morgan fingerprint density at radius 2 is 1.55 bits per heavy atom. The zero-order chi connectivity index (χ0) is 23.6. The smallest absolute Gasteiger partial charge is 0.340 e. The number of nitrogens with one attached hydrogen (secondary N) is 3. The molecule has 10 heteroatoms. The van der Waals surface area contributed by atoms with Crippen LogP contribution in [0.25, 0.3) is 0 Å². The third-order valence-electron chi connectivity index (χ3n) is 5.89. The molecule has 0 radical (unpaired) electrons. The molecule has 2 saturated heterocycles. The zero-order valence-corrected chi connectivity index (χ0v) is 18.6. The third kappa shape index (κ3) is 8.08. The van der Waals surface area contributed by atoms with E-state index in [1.54, 1.807) is 12.1 Å². The van der Waals surface area contributed by atoms with E-state index in [9.17, 15) is 24.6 Å². The van der Waals surface area contributed by atoms with Crippen molar-refractivity contribution in [1.82, 2.24) is 16.0 Å². The minimum atomic E-state index is -1.68. The Morgan fingerprint density at radius 1 is 0.970 bits per heavy atom. The fourth-order valence-corrected chi connectivity index (χ4v) is 4.04. The van der Waals surface area contributed by atoms with Gasteiger partial charge in [0.15, 0.2) is 5.78 Å². The summed E-state index contributed by atoms with van der Waals surface area (Å²) in [5.74, 6) is -2.52. The van der Waals surface area contributed by atoms with Gasteiger partial charge in [0.2, 0.25) is 12.0 Å². The Hall–Kier alpha value is -2.53. The SMILES string of the molecule is O=C(COC1CCNCC1)NC(Cc1ccc(O)cc1)C(=O)C(OC1CCNCC1)C(=O)O. The molecule has 5 N–H and O–H groups in total. The third-order valence-corrected chi connectivity index (χ3v) is 5.89. The van der Waals surface area contributed by atoms with Crippen LogP contribution in [-0.2, 0) is 30.3 Å². The Morgan fingerprint density at radius 3 is 2.12 bits per heavy atom. The predicted octanol–water partition coefficient (Wildman–Crippen LogP) is -0.0210. The number of hydrogen-bond acceptors (Lipinski definition) is 8. The highest BCUT2D eigenvalue weighted by molar-refractivity contribution is 6.05. The second-order valence-corrected chi connectivity index (χ2v) is 8.46. The molecule has 10 nitrogen and oxygen atoms in total. The lowest BCUT2D eigenvalue weighted by Gasteiger charge is -2.28. The summed E-state index contributed by atoms with van der Waals surface area (Å²) in [6.07, 6.45) is 0.829. The van der Waals surface area contributed by atoms with Gasteiger partial charge in [-0.3, -0.25) is 9.59 Å². The van der Waals surface area contributed by atoms with Crippen molar-refractivity contribution in [3.8, 4) is 5.75 Å². The molecule has 33 heavy (non-hydrogen) atoms. The highest BCUT2D eigenvalue weighted by Gasteiger charge is 2.36. The molecule has 2 unspecified atom stereocenters. The lowest BCUT2D eigenvalue weighted by Crippen LogP contribution is -2.52. The number of carbonyl (C=O) groups is 3. The summed E-state index contributed by atoms with van der Waals surface area (Å²) in [7, 11) is 0. The van der Waals surface area contributed by atoms with Gasteiger partial charge < -0.3 is 35.6 Å². The Labute approximate surface area is 193 Å². The fraction of sp³-hybridized carbons (Fsp3) is 0.609. The number of amides is 1. The van der Waals surface area contributed by atoms with Gasteiger partial charge in [0.1, 0.15) is 12.4 Å². The summed E-state index contributed by atoms with van der Waals surface area (Å²) in [5, 5.41) is 28.2. The van der Waals surface area contributed by atoms with Crippen LogP contribution in [-0.4, -0.2) is 85.0 Å². The van der Waals surface area contributed by atoms with Crippen molar-refractivity contribution in [1.29, 1.82) is 0 Å². The van der Waals surface area contributed by atoms with Crippen molar-refractivity contribution in [2.45, 2.75) is 56.5 Å². The molecule has 2 fully saturated rings. The number of ketones is 1. The standard InChI is InChI=1S/C23H33N3O7/c27-16-3-1-15(2-4-16)13-19(26-20(28)14-32-17-5-9-24-10-6-17)21(29)22(23(30)31)33-18-7-11-25-12-8-18/h1-4,17-19,22,24-25,27H,5-14H2,(H,26,28)(H,30,31). The van der Waals surface area contributed by atoms with Gasteiger partial charge >= 0.3 is 5.97 Å². The number of carbonyl (C=O) groups excluding carboxylic acids is 2. The second-order valence-electron chi connectivity index (χ2n) is 8.46. The molecule has 0 saturated carbocycles.